The molecule has 0 bridgehead atoms. The Morgan fingerprint density at radius 2 is 2.06 bits per heavy atom. The van der Waals surface area contributed by atoms with Crippen molar-refractivity contribution < 1.29 is 14.6 Å². The minimum absolute atomic E-state index is 0.199. The molecule has 1 heterocycles. The first-order valence-corrected chi connectivity index (χ1v) is 7.39. The van der Waals surface area contributed by atoms with Gasteiger partial charge in [0.05, 0.1) is 18.1 Å². The number of aliphatic hydroxyl groups is 1. The molecule has 3 nitrogen and oxygen atoms in total. The first kappa shape index (κ1) is 13.9. The average Bonchev–Trinajstić information content (AvgIpc) is 2.94. The topological polar surface area (TPSA) is 46.5 Å². The van der Waals surface area contributed by atoms with E-state index in [1.165, 1.54) is 12.8 Å². The van der Waals surface area contributed by atoms with Crippen LogP contribution in [0, 0.1) is 23.7 Å². The normalized spacial score (nSPS) is 39.7. The highest BCUT2D eigenvalue weighted by Crippen LogP contribution is 2.48. The van der Waals surface area contributed by atoms with Crippen LogP contribution in [0.15, 0.2) is 0 Å². The lowest BCUT2D eigenvalue weighted by Crippen LogP contribution is -2.45. The van der Waals surface area contributed by atoms with Crippen LogP contribution in [0.2, 0.25) is 0 Å². The van der Waals surface area contributed by atoms with E-state index >= 15 is 0 Å². The van der Waals surface area contributed by atoms with Crippen LogP contribution in [0.3, 0.4) is 0 Å². The highest BCUT2D eigenvalue weighted by atomic mass is 16.5. The Balaban J connectivity index is 2.15. The third-order valence-corrected chi connectivity index (χ3v) is 5.29. The molecule has 0 spiro atoms. The number of rotatable bonds is 4. The molecular weight excluding hydrogens is 228 g/mol. The highest BCUT2D eigenvalue weighted by molar-refractivity contribution is 5.75. The summed E-state index contributed by atoms with van der Waals surface area (Å²) in [5.41, 5.74) is -0.891. The maximum absolute atomic E-state index is 11.7. The van der Waals surface area contributed by atoms with Gasteiger partial charge in [-0.3, -0.25) is 4.79 Å². The Morgan fingerprint density at radius 1 is 1.33 bits per heavy atom. The van der Waals surface area contributed by atoms with Crippen molar-refractivity contribution in [3.8, 4) is 0 Å². The Bertz CT molecular complexity index is 311. The zero-order chi connectivity index (χ0) is 13.3. The van der Waals surface area contributed by atoms with Crippen molar-refractivity contribution in [3.63, 3.8) is 0 Å². The Morgan fingerprint density at radius 3 is 2.56 bits per heavy atom. The van der Waals surface area contributed by atoms with E-state index < -0.39 is 5.60 Å². The molecule has 5 atom stereocenters. The Kier molecular flexibility index (Phi) is 4.00. The zero-order valence-corrected chi connectivity index (χ0v) is 11.8. The number of esters is 1. The van der Waals surface area contributed by atoms with Crippen LogP contribution in [0.25, 0.3) is 0 Å². The van der Waals surface area contributed by atoms with E-state index in [4.69, 9.17) is 4.74 Å². The molecule has 1 saturated carbocycles. The van der Waals surface area contributed by atoms with Gasteiger partial charge < -0.3 is 9.84 Å². The van der Waals surface area contributed by atoms with Crippen molar-refractivity contribution in [2.45, 2.75) is 58.5 Å². The smallest absolute Gasteiger partial charge is 0.311 e. The molecule has 1 saturated heterocycles. The summed E-state index contributed by atoms with van der Waals surface area (Å²) < 4.78 is 5.03. The second-order valence-corrected chi connectivity index (χ2v) is 6.26. The molecule has 2 rings (SSSR count). The molecule has 1 aliphatic heterocycles. The molecule has 104 valence electrons. The van der Waals surface area contributed by atoms with Crippen molar-refractivity contribution in [2.75, 3.05) is 6.61 Å². The minimum Gasteiger partial charge on any atom is -0.465 e. The number of carbonyl (C=O) groups is 1. The van der Waals surface area contributed by atoms with E-state index in [0.717, 1.165) is 12.8 Å². The summed E-state index contributed by atoms with van der Waals surface area (Å²) in [7, 11) is 0. The number of hydrogen-bond donors (Lipinski definition) is 1. The van der Waals surface area contributed by atoms with E-state index in [-0.39, 0.29) is 17.8 Å². The second kappa shape index (κ2) is 5.20. The summed E-state index contributed by atoms with van der Waals surface area (Å²) in [6, 6.07) is 0. The van der Waals surface area contributed by atoms with Crippen LogP contribution in [-0.2, 0) is 9.53 Å². The molecule has 1 N–H and O–H groups in total. The van der Waals surface area contributed by atoms with Gasteiger partial charge in [-0.1, -0.05) is 26.7 Å². The third-order valence-electron chi connectivity index (χ3n) is 5.29. The van der Waals surface area contributed by atoms with Crippen LogP contribution < -0.4 is 0 Å². The SMILES string of the molecule is CCC1CC(CC)C(C(C)(O)C2CCOC2=O)C1. The highest BCUT2D eigenvalue weighted by Gasteiger charge is 2.51. The van der Waals surface area contributed by atoms with Gasteiger partial charge >= 0.3 is 5.97 Å². The fourth-order valence-corrected chi connectivity index (χ4v) is 4.03. The molecule has 0 aromatic carbocycles. The van der Waals surface area contributed by atoms with E-state index in [1.807, 2.05) is 6.92 Å². The van der Waals surface area contributed by atoms with Gasteiger partial charge in [-0.2, -0.15) is 0 Å². The molecule has 1 aliphatic carbocycles. The maximum atomic E-state index is 11.7. The van der Waals surface area contributed by atoms with Gasteiger partial charge in [-0.15, -0.1) is 0 Å². The van der Waals surface area contributed by atoms with Crippen LogP contribution in [0.5, 0.6) is 0 Å². The molecule has 5 unspecified atom stereocenters. The summed E-state index contributed by atoms with van der Waals surface area (Å²) in [5.74, 6) is 1.01. The molecule has 2 aliphatic rings. The predicted molar refractivity (Wildman–Crippen MR) is 70.0 cm³/mol. The summed E-state index contributed by atoms with van der Waals surface area (Å²) in [4.78, 5) is 11.7. The molecule has 0 radical (unpaired) electrons. The molecule has 0 aromatic heterocycles. The fraction of sp³-hybridized carbons (Fsp3) is 0.933. The molecular formula is C15H26O3. The molecule has 2 fully saturated rings. The summed E-state index contributed by atoms with van der Waals surface area (Å²) in [6.45, 7) is 6.74. The van der Waals surface area contributed by atoms with Crippen LogP contribution >= 0.6 is 0 Å². The van der Waals surface area contributed by atoms with Gasteiger partial charge in [0, 0.05) is 0 Å². The molecule has 3 heteroatoms. The fourth-order valence-electron chi connectivity index (χ4n) is 4.03. The van der Waals surface area contributed by atoms with Gasteiger partial charge in [0.1, 0.15) is 0 Å². The van der Waals surface area contributed by atoms with Gasteiger partial charge in [-0.25, -0.2) is 0 Å². The van der Waals surface area contributed by atoms with Gasteiger partial charge in [0.2, 0.25) is 0 Å². The average molecular weight is 254 g/mol. The van der Waals surface area contributed by atoms with Crippen LogP contribution in [0.4, 0.5) is 0 Å². The van der Waals surface area contributed by atoms with Gasteiger partial charge in [0.25, 0.3) is 0 Å². The molecule has 0 amide bonds. The second-order valence-electron chi connectivity index (χ2n) is 6.26. The number of carbonyl (C=O) groups excluding carboxylic acids is 1. The van der Waals surface area contributed by atoms with E-state index in [1.54, 1.807) is 0 Å². The summed E-state index contributed by atoms with van der Waals surface area (Å²) >= 11 is 0. The standard InChI is InChI=1S/C15H26O3/c1-4-10-8-11(5-2)13(9-10)15(3,17)12-6-7-18-14(12)16/h10-13,17H,4-9H2,1-3H3. The van der Waals surface area contributed by atoms with Crippen molar-refractivity contribution in [1.82, 2.24) is 0 Å². The minimum atomic E-state index is -0.891. The lowest BCUT2D eigenvalue weighted by atomic mass is 9.72. The van der Waals surface area contributed by atoms with Crippen LogP contribution in [0.1, 0.15) is 52.9 Å². The summed E-state index contributed by atoms with van der Waals surface area (Å²) in [5, 5.41) is 10.9. The van der Waals surface area contributed by atoms with E-state index in [0.29, 0.717) is 24.9 Å². The molecule has 18 heavy (non-hydrogen) atoms. The monoisotopic (exact) mass is 254 g/mol. The maximum Gasteiger partial charge on any atom is 0.311 e. The van der Waals surface area contributed by atoms with Crippen molar-refractivity contribution >= 4 is 5.97 Å². The van der Waals surface area contributed by atoms with Gasteiger partial charge in [0.15, 0.2) is 0 Å². The number of hydrogen-bond acceptors (Lipinski definition) is 3. The third kappa shape index (κ3) is 2.29. The van der Waals surface area contributed by atoms with Crippen molar-refractivity contribution in [2.24, 2.45) is 23.7 Å². The Labute approximate surface area is 110 Å². The number of cyclic esters (lactones) is 1. The molecule has 0 aromatic rings. The van der Waals surface area contributed by atoms with Crippen molar-refractivity contribution in [3.05, 3.63) is 0 Å². The lowest BCUT2D eigenvalue weighted by Gasteiger charge is -2.37. The Hall–Kier alpha value is -0.570. The largest absolute Gasteiger partial charge is 0.465 e. The first-order valence-electron chi connectivity index (χ1n) is 7.39. The van der Waals surface area contributed by atoms with Crippen molar-refractivity contribution in [1.29, 1.82) is 0 Å². The van der Waals surface area contributed by atoms with E-state index in [9.17, 15) is 9.90 Å². The van der Waals surface area contributed by atoms with Gasteiger partial charge in [-0.05, 0) is 43.9 Å². The van der Waals surface area contributed by atoms with E-state index in [2.05, 4.69) is 13.8 Å². The van der Waals surface area contributed by atoms with Crippen LogP contribution in [-0.4, -0.2) is 23.3 Å². The summed E-state index contributed by atoms with van der Waals surface area (Å²) in [6.07, 6.45) is 5.22. The predicted octanol–water partition coefficient (Wildman–Crippen LogP) is 2.76. The first-order chi connectivity index (χ1) is 8.50. The lowest BCUT2D eigenvalue weighted by molar-refractivity contribution is -0.152. The quantitative estimate of drug-likeness (QED) is 0.785. The number of ether oxygens (including phenoxy) is 1. The zero-order valence-electron chi connectivity index (χ0n) is 11.8.